The number of likely N-dealkylation sites (N-methyl/N-ethyl adjacent to an activating group) is 1. The molecule has 1 aliphatic rings. The molecular weight excluding hydrogens is 530 g/mol. The molecule has 1 fully saturated rings. The van der Waals surface area contributed by atoms with Crippen molar-refractivity contribution in [3.05, 3.63) is 72.7 Å². The Morgan fingerprint density at radius 1 is 1.10 bits per heavy atom. The molecule has 0 unspecified atom stereocenters. The Balaban J connectivity index is 1.20. The Hall–Kier alpha value is -4.44. The van der Waals surface area contributed by atoms with Gasteiger partial charge in [0.25, 0.3) is 0 Å². The highest BCUT2D eigenvalue weighted by molar-refractivity contribution is 6.00. The number of aromatic nitrogens is 5. The number of ether oxygens (including phenoxy) is 2. The molecule has 10 nitrogen and oxygen atoms in total. The monoisotopic (exact) mass is 567 g/mol. The molecule has 0 spiro atoms. The average Bonchev–Trinajstić information content (AvgIpc) is 3.59. The van der Waals surface area contributed by atoms with Crippen molar-refractivity contribution in [2.75, 3.05) is 51.9 Å². The first-order valence-electron chi connectivity index (χ1n) is 14.5. The largest absolute Gasteiger partial charge is 0.492 e. The zero-order chi connectivity index (χ0) is 29.1. The topological polar surface area (TPSA) is 101 Å². The van der Waals surface area contributed by atoms with Crippen LogP contribution in [0.2, 0.25) is 0 Å². The summed E-state index contributed by atoms with van der Waals surface area (Å²) in [6.07, 6.45) is 8.46. The van der Waals surface area contributed by atoms with E-state index in [1.54, 1.807) is 25.2 Å². The Bertz CT molecular complexity index is 1650. The van der Waals surface area contributed by atoms with E-state index in [0.717, 1.165) is 71.6 Å². The number of fused-ring (bicyclic) bond motifs is 3. The summed E-state index contributed by atoms with van der Waals surface area (Å²) in [7, 11) is 3.52. The molecule has 1 saturated heterocycles. The summed E-state index contributed by atoms with van der Waals surface area (Å²) in [6.45, 7) is 4.94. The quantitative estimate of drug-likeness (QED) is 0.263. The Labute approximate surface area is 245 Å². The van der Waals surface area contributed by atoms with Gasteiger partial charge < -0.3 is 19.3 Å². The summed E-state index contributed by atoms with van der Waals surface area (Å²) < 4.78 is 13.7. The number of nitrogens with zero attached hydrogens (tertiary/aromatic N) is 6. The fourth-order valence-corrected chi connectivity index (χ4v) is 5.83. The van der Waals surface area contributed by atoms with E-state index in [1.807, 2.05) is 36.0 Å². The fourth-order valence-electron chi connectivity index (χ4n) is 5.83. The molecule has 5 heterocycles. The summed E-state index contributed by atoms with van der Waals surface area (Å²) in [5.41, 5.74) is 4.94. The maximum atomic E-state index is 12.1. The molecule has 4 aromatic heterocycles. The third kappa shape index (κ3) is 5.67. The molecule has 1 aliphatic heterocycles. The fraction of sp³-hybridized carbons (Fsp3) is 0.375. The maximum absolute atomic E-state index is 12.1. The van der Waals surface area contributed by atoms with E-state index in [-0.39, 0.29) is 17.9 Å². The molecule has 1 N–H and O–H groups in total. The third-order valence-electron chi connectivity index (χ3n) is 8.17. The van der Waals surface area contributed by atoms with Gasteiger partial charge in [0.1, 0.15) is 18.2 Å². The summed E-state index contributed by atoms with van der Waals surface area (Å²) in [5.74, 6) is 1.69. The lowest BCUT2D eigenvalue weighted by molar-refractivity contribution is -0.135. The van der Waals surface area contributed by atoms with Crippen molar-refractivity contribution in [3.8, 4) is 16.9 Å². The van der Waals surface area contributed by atoms with Crippen molar-refractivity contribution in [2.45, 2.75) is 26.2 Å². The molecule has 0 bridgehead atoms. The summed E-state index contributed by atoms with van der Waals surface area (Å²) in [6, 6.07) is 16.8. The van der Waals surface area contributed by atoms with Gasteiger partial charge in [-0.05, 0) is 49.9 Å². The number of anilines is 1. The van der Waals surface area contributed by atoms with E-state index in [4.69, 9.17) is 14.5 Å². The first kappa shape index (κ1) is 27.7. The van der Waals surface area contributed by atoms with Crippen LogP contribution in [-0.2, 0) is 16.0 Å². The third-order valence-corrected chi connectivity index (χ3v) is 8.17. The van der Waals surface area contributed by atoms with Gasteiger partial charge >= 0.3 is 0 Å². The molecule has 6 rings (SSSR count). The predicted octanol–water partition coefficient (Wildman–Crippen LogP) is 4.61. The normalized spacial score (nSPS) is 14.9. The van der Waals surface area contributed by atoms with Gasteiger partial charge in [-0.25, -0.2) is 9.50 Å². The molecule has 218 valence electrons. The van der Waals surface area contributed by atoms with Crippen LogP contribution in [0.3, 0.4) is 0 Å². The van der Waals surface area contributed by atoms with Crippen LogP contribution in [-0.4, -0.2) is 82.6 Å². The van der Waals surface area contributed by atoms with E-state index in [9.17, 15) is 4.79 Å². The summed E-state index contributed by atoms with van der Waals surface area (Å²) >= 11 is 0. The van der Waals surface area contributed by atoms with Crippen LogP contribution in [0.4, 0.5) is 5.82 Å². The van der Waals surface area contributed by atoms with E-state index in [1.165, 1.54) is 5.56 Å². The lowest BCUT2D eigenvalue weighted by atomic mass is 9.74. The van der Waals surface area contributed by atoms with Gasteiger partial charge in [0.15, 0.2) is 5.65 Å². The van der Waals surface area contributed by atoms with E-state index >= 15 is 0 Å². The molecule has 0 atom stereocenters. The number of benzene rings is 1. The van der Waals surface area contributed by atoms with E-state index in [0.29, 0.717) is 13.2 Å². The molecular formula is C32H37N7O3. The lowest BCUT2D eigenvalue weighted by Crippen LogP contribution is -2.44. The number of nitrogens with one attached hydrogen (secondary N) is 1. The van der Waals surface area contributed by atoms with Crippen LogP contribution >= 0.6 is 0 Å². The lowest BCUT2D eigenvalue weighted by Gasteiger charge is -2.42. The van der Waals surface area contributed by atoms with Crippen molar-refractivity contribution >= 4 is 28.3 Å². The number of carbonyl (C=O) groups excluding carboxylic acids is 1. The number of carbonyl (C=O) groups is 1. The van der Waals surface area contributed by atoms with Gasteiger partial charge in [-0.2, -0.15) is 5.10 Å². The van der Waals surface area contributed by atoms with E-state index < -0.39 is 0 Å². The van der Waals surface area contributed by atoms with Crippen LogP contribution in [0.1, 0.15) is 25.3 Å². The van der Waals surface area contributed by atoms with Crippen LogP contribution in [0, 0.1) is 5.41 Å². The second-order valence-electron chi connectivity index (χ2n) is 11.3. The molecule has 0 radical (unpaired) electrons. The van der Waals surface area contributed by atoms with Crippen molar-refractivity contribution in [1.29, 1.82) is 0 Å². The van der Waals surface area contributed by atoms with Crippen LogP contribution in [0.25, 0.3) is 27.7 Å². The summed E-state index contributed by atoms with van der Waals surface area (Å²) in [4.78, 5) is 21.0. The highest BCUT2D eigenvalue weighted by atomic mass is 16.5. The minimum absolute atomic E-state index is 0.0138. The van der Waals surface area contributed by atoms with Crippen molar-refractivity contribution in [2.24, 2.45) is 5.41 Å². The highest BCUT2D eigenvalue weighted by Gasteiger charge is 2.36. The van der Waals surface area contributed by atoms with Gasteiger partial charge in [-0.1, -0.05) is 30.3 Å². The average molecular weight is 568 g/mol. The first-order valence-corrected chi connectivity index (χ1v) is 14.5. The number of amides is 1. The SMILES string of the molecule is CCOc1cc(-c2ccc(N3CCC(COCC(=O)N(C)C)(Cc4ccccc4)CC3)nc2)c2c3cn[nH]c3nn2c1. The molecule has 5 aromatic rings. The highest BCUT2D eigenvalue weighted by Crippen LogP contribution is 2.38. The second-order valence-corrected chi connectivity index (χ2v) is 11.3. The molecule has 10 heteroatoms. The molecule has 0 saturated carbocycles. The first-order chi connectivity index (χ1) is 20.4. The number of hydrogen-bond acceptors (Lipinski definition) is 7. The standard InChI is InChI=1S/C32H37N7O3/c1-4-42-25-16-26(30-27-19-34-35-31(27)36-39(30)20-25)24-10-11-28(33-18-24)38-14-12-32(13-15-38,17-23-8-6-5-7-9-23)22-41-21-29(40)37(2)3/h5-11,16,18-20H,4,12-15,17,21-22H2,1-3H3,(H,35,36). The van der Waals surface area contributed by atoms with Gasteiger partial charge in [0.2, 0.25) is 5.91 Å². The molecule has 0 aliphatic carbocycles. The smallest absolute Gasteiger partial charge is 0.248 e. The van der Waals surface area contributed by atoms with Crippen molar-refractivity contribution < 1.29 is 14.3 Å². The minimum Gasteiger partial charge on any atom is -0.492 e. The Morgan fingerprint density at radius 2 is 1.90 bits per heavy atom. The number of aromatic amines is 1. The minimum atomic E-state index is -0.0340. The van der Waals surface area contributed by atoms with Gasteiger partial charge in [-0.15, -0.1) is 5.10 Å². The number of pyridine rings is 2. The number of piperidine rings is 1. The Kier molecular flexibility index (Phi) is 7.80. The maximum Gasteiger partial charge on any atom is 0.248 e. The molecule has 42 heavy (non-hydrogen) atoms. The number of rotatable bonds is 10. The molecule has 1 aromatic carbocycles. The van der Waals surface area contributed by atoms with Crippen molar-refractivity contribution in [1.82, 2.24) is 29.7 Å². The van der Waals surface area contributed by atoms with E-state index in [2.05, 4.69) is 56.6 Å². The van der Waals surface area contributed by atoms with Crippen LogP contribution < -0.4 is 9.64 Å². The number of hydrogen-bond donors (Lipinski definition) is 1. The van der Waals surface area contributed by atoms with Gasteiger partial charge in [0, 0.05) is 49.9 Å². The van der Waals surface area contributed by atoms with Crippen LogP contribution in [0.15, 0.2) is 67.1 Å². The number of H-pyrrole nitrogens is 1. The molecule has 1 amide bonds. The van der Waals surface area contributed by atoms with Crippen molar-refractivity contribution in [3.63, 3.8) is 0 Å². The Morgan fingerprint density at radius 3 is 2.62 bits per heavy atom. The van der Waals surface area contributed by atoms with Crippen LogP contribution in [0.5, 0.6) is 5.75 Å². The second kappa shape index (κ2) is 11.8. The zero-order valence-electron chi connectivity index (χ0n) is 24.4. The van der Waals surface area contributed by atoms with Gasteiger partial charge in [-0.3, -0.25) is 9.89 Å². The summed E-state index contributed by atoms with van der Waals surface area (Å²) in [5, 5.41) is 12.7. The zero-order valence-corrected chi connectivity index (χ0v) is 24.4. The predicted molar refractivity (Wildman–Crippen MR) is 163 cm³/mol. The van der Waals surface area contributed by atoms with Gasteiger partial charge in [0.05, 0.1) is 36.5 Å².